The molecule has 2 aliphatic heterocycles. The number of hydrogen-bond acceptors (Lipinski definition) is 3. The summed E-state index contributed by atoms with van der Waals surface area (Å²) in [4.78, 5) is 6.72. The maximum absolute atomic E-state index is 2.67. The van der Waals surface area contributed by atoms with Gasteiger partial charge in [0.25, 0.3) is 6.71 Å². The van der Waals surface area contributed by atoms with Crippen LogP contribution in [0.2, 0.25) is 0 Å². The summed E-state index contributed by atoms with van der Waals surface area (Å²) in [6, 6.07) is 46.0. The number of anilines is 6. The van der Waals surface area contributed by atoms with Crippen molar-refractivity contribution in [2.45, 2.75) is 143 Å². The van der Waals surface area contributed by atoms with Crippen LogP contribution in [0.4, 0.5) is 34.1 Å². The van der Waals surface area contributed by atoms with Gasteiger partial charge in [-0.3, -0.25) is 0 Å². The van der Waals surface area contributed by atoms with Gasteiger partial charge in [-0.15, -0.1) is 11.3 Å². The summed E-state index contributed by atoms with van der Waals surface area (Å²) in [6.45, 7) is 31.2. The molecule has 0 amide bonds. The molecule has 3 heterocycles. The Balaban J connectivity index is 1.17. The summed E-state index contributed by atoms with van der Waals surface area (Å²) in [6.07, 6.45) is 7.04. The molecule has 6 aromatic carbocycles. The zero-order chi connectivity index (χ0) is 46.5. The van der Waals surface area contributed by atoms with Crippen molar-refractivity contribution in [1.82, 2.24) is 0 Å². The fourth-order valence-corrected chi connectivity index (χ4v) is 13.0. The van der Waals surface area contributed by atoms with Gasteiger partial charge in [0.1, 0.15) is 0 Å². The first-order valence-electron chi connectivity index (χ1n) is 24.6. The molecule has 2 nitrogen and oxygen atoms in total. The fraction of sp³-hybridized carbons (Fsp3) is 0.355. The smallest absolute Gasteiger partial charge is 0.252 e. The van der Waals surface area contributed by atoms with Crippen molar-refractivity contribution >= 4 is 84.2 Å². The molecule has 7 aromatic rings. The lowest BCUT2D eigenvalue weighted by molar-refractivity contribution is 0.332. The SMILES string of the molecule is CC(C)(C)c1ccc2c(c1)B1c3ccc(C(C)(C)C)cc3N(c3ccc4c(c3)C(C)(C)CCC4(C)C)c3cc(C(C)(C)C)cc(c31)N2c1ccc(C2=CCCc3c2sc2ccccc32)cc1. The quantitative estimate of drug-likeness (QED) is 0.163. The molecule has 1 aromatic heterocycles. The molecule has 2 aliphatic carbocycles. The maximum atomic E-state index is 2.67. The predicted octanol–water partition coefficient (Wildman–Crippen LogP) is 15.6. The molecule has 0 atom stereocenters. The first-order valence-corrected chi connectivity index (χ1v) is 25.5. The molecule has 4 aliphatic rings. The van der Waals surface area contributed by atoms with E-state index in [9.17, 15) is 0 Å². The van der Waals surface area contributed by atoms with Gasteiger partial charge in [0, 0.05) is 43.7 Å². The van der Waals surface area contributed by atoms with Gasteiger partial charge in [0.2, 0.25) is 0 Å². The number of hydrogen-bond donors (Lipinski definition) is 0. The molecule has 0 fully saturated rings. The molecule has 0 unspecified atom stereocenters. The highest BCUT2D eigenvalue weighted by Gasteiger charge is 2.46. The summed E-state index contributed by atoms with van der Waals surface area (Å²) < 4.78 is 1.39. The molecular weight excluding hydrogens is 816 g/mol. The van der Waals surface area contributed by atoms with Crippen LogP contribution in [0.5, 0.6) is 0 Å². The summed E-state index contributed by atoms with van der Waals surface area (Å²) in [5, 5.41) is 1.42. The summed E-state index contributed by atoms with van der Waals surface area (Å²) in [5.74, 6) is 0. The minimum atomic E-state index is -0.0938. The molecule has 0 spiro atoms. The van der Waals surface area contributed by atoms with Gasteiger partial charge in [0.05, 0.1) is 0 Å². The van der Waals surface area contributed by atoms with Crippen molar-refractivity contribution in [1.29, 1.82) is 0 Å². The van der Waals surface area contributed by atoms with Crippen molar-refractivity contribution in [3.05, 3.63) is 165 Å². The molecule has 0 N–H and O–H groups in total. The van der Waals surface area contributed by atoms with Gasteiger partial charge in [-0.05, 0) is 174 Å². The van der Waals surface area contributed by atoms with Crippen LogP contribution in [0.1, 0.15) is 153 Å². The Labute approximate surface area is 399 Å². The van der Waals surface area contributed by atoms with Crippen molar-refractivity contribution in [2.24, 2.45) is 0 Å². The van der Waals surface area contributed by atoms with Crippen LogP contribution < -0.4 is 26.2 Å². The van der Waals surface area contributed by atoms with Crippen LogP contribution in [0.15, 0.2) is 121 Å². The summed E-state index contributed by atoms with van der Waals surface area (Å²) in [7, 11) is 0. The van der Waals surface area contributed by atoms with Crippen molar-refractivity contribution in [2.75, 3.05) is 9.80 Å². The molecule has 66 heavy (non-hydrogen) atoms. The largest absolute Gasteiger partial charge is 0.311 e. The van der Waals surface area contributed by atoms with E-state index in [-0.39, 0.29) is 33.8 Å². The number of fused-ring (bicyclic) bond motifs is 8. The molecule has 0 saturated carbocycles. The molecule has 334 valence electrons. The Morgan fingerprint density at radius 2 is 1.12 bits per heavy atom. The molecule has 11 rings (SSSR count). The second kappa shape index (κ2) is 14.6. The maximum Gasteiger partial charge on any atom is 0.252 e. The van der Waals surface area contributed by atoms with Gasteiger partial charge in [0.15, 0.2) is 0 Å². The van der Waals surface area contributed by atoms with Gasteiger partial charge < -0.3 is 9.80 Å². The van der Waals surface area contributed by atoms with Gasteiger partial charge in [-0.25, -0.2) is 0 Å². The third kappa shape index (κ3) is 6.78. The first-order chi connectivity index (χ1) is 31.1. The monoisotopic (exact) mass is 883 g/mol. The highest BCUT2D eigenvalue weighted by molar-refractivity contribution is 7.20. The summed E-state index contributed by atoms with van der Waals surface area (Å²) in [5.41, 5.74) is 23.1. The van der Waals surface area contributed by atoms with Gasteiger partial charge in [-0.2, -0.15) is 0 Å². The lowest BCUT2D eigenvalue weighted by atomic mass is 9.33. The van der Waals surface area contributed by atoms with Crippen LogP contribution in [0.3, 0.4) is 0 Å². The van der Waals surface area contributed by atoms with E-state index < -0.39 is 0 Å². The zero-order valence-corrected chi connectivity index (χ0v) is 42.6. The zero-order valence-electron chi connectivity index (χ0n) is 41.8. The van der Waals surface area contributed by atoms with Crippen molar-refractivity contribution in [3.8, 4) is 0 Å². The first kappa shape index (κ1) is 43.3. The second-order valence-corrected chi connectivity index (χ2v) is 25.5. The fourth-order valence-electron chi connectivity index (χ4n) is 11.7. The second-order valence-electron chi connectivity index (χ2n) is 24.4. The van der Waals surface area contributed by atoms with E-state index in [1.807, 2.05) is 11.3 Å². The standard InChI is InChI=1S/C62H67BN2S/c1-58(2,3)39-24-30-51-50(33-39)63-49-29-23-40(59(4,5)6)34-52(49)65(43-27-28-47-48(37-43)62(12,13)32-31-61(47,10)11)54-36-41(60(7,8)9)35-53(56(54)63)64(51)42-25-21-38(22-26-42)44-18-16-19-46-45-17-14-15-20-55(45)66-57(44)46/h14-15,17-18,20-30,33-37H,16,19,31-32H2,1-13H3. The average molecular weight is 883 g/mol. The Kier molecular flexibility index (Phi) is 9.57. The molecule has 0 saturated heterocycles. The number of nitrogens with zero attached hydrogens (tertiary/aromatic N) is 2. The minimum Gasteiger partial charge on any atom is -0.311 e. The predicted molar refractivity (Wildman–Crippen MR) is 289 cm³/mol. The van der Waals surface area contributed by atoms with E-state index in [1.54, 1.807) is 0 Å². The van der Waals surface area contributed by atoms with Gasteiger partial charge in [-0.1, -0.05) is 157 Å². The van der Waals surface area contributed by atoms with Crippen molar-refractivity contribution in [3.63, 3.8) is 0 Å². The van der Waals surface area contributed by atoms with E-state index in [2.05, 4.69) is 221 Å². The Hall–Kier alpha value is -5.32. The minimum absolute atomic E-state index is 0.0107. The van der Waals surface area contributed by atoms with E-state index in [1.165, 1.54) is 123 Å². The number of allylic oxidation sites excluding steroid dienone is 1. The number of aryl methyl sites for hydroxylation is 1. The van der Waals surface area contributed by atoms with E-state index in [0.29, 0.717) is 0 Å². The number of rotatable bonds is 3. The highest BCUT2D eigenvalue weighted by Crippen LogP contribution is 2.51. The average Bonchev–Trinajstić information content (AvgIpc) is 3.65. The third-order valence-electron chi connectivity index (χ3n) is 15.9. The van der Waals surface area contributed by atoms with Gasteiger partial charge >= 0.3 is 0 Å². The van der Waals surface area contributed by atoms with Crippen LogP contribution in [-0.2, 0) is 33.5 Å². The van der Waals surface area contributed by atoms with Crippen LogP contribution in [-0.4, -0.2) is 6.71 Å². The van der Waals surface area contributed by atoms with E-state index in [4.69, 9.17) is 0 Å². The van der Waals surface area contributed by atoms with Crippen LogP contribution in [0, 0.1) is 0 Å². The highest BCUT2D eigenvalue weighted by atomic mass is 32.1. The third-order valence-corrected chi connectivity index (χ3v) is 17.1. The Bertz CT molecular complexity index is 3150. The molecule has 0 radical (unpaired) electrons. The molecule has 0 bridgehead atoms. The van der Waals surface area contributed by atoms with Crippen LogP contribution in [0.25, 0.3) is 15.7 Å². The van der Waals surface area contributed by atoms with E-state index in [0.717, 1.165) is 12.8 Å². The van der Waals surface area contributed by atoms with Crippen molar-refractivity contribution < 1.29 is 0 Å². The lowest BCUT2D eigenvalue weighted by Crippen LogP contribution is -2.61. The Morgan fingerprint density at radius 1 is 0.530 bits per heavy atom. The Morgan fingerprint density at radius 3 is 1.80 bits per heavy atom. The lowest BCUT2D eigenvalue weighted by Gasteiger charge is -2.46. The molecule has 4 heteroatoms. The summed E-state index contributed by atoms with van der Waals surface area (Å²) >= 11 is 1.95. The number of benzene rings is 6. The van der Waals surface area contributed by atoms with Crippen LogP contribution >= 0.6 is 11.3 Å². The molecular formula is C62H67BN2S. The number of thiophene rings is 1. The van der Waals surface area contributed by atoms with E-state index >= 15 is 0 Å². The normalized spacial score (nSPS) is 17.2. The topological polar surface area (TPSA) is 6.48 Å².